The van der Waals surface area contributed by atoms with E-state index in [0.717, 1.165) is 13.1 Å². The maximum atomic E-state index is 3.39. The van der Waals surface area contributed by atoms with Gasteiger partial charge < -0.3 is 5.32 Å². The lowest BCUT2D eigenvalue weighted by Crippen LogP contribution is -2.22. The first-order chi connectivity index (χ1) is 5.29. The SMILES string of the molecule is Cc1sc2c(c1C)CCNC2. The van der Waals surface area contributed by atoms with Crippen molar-refractivity contribution in [2.24, 2.45) is 0 Å². The molecule has 2 heterocycles. The second-order valence-corrected chi connectivity index (χ2v) is 4.42. The van der Waals surface area contributed by atoms with Crippen LogP contribution in [-0.2, 0) is 13.0 Å². The maximum Gasteiger partial charge on any atom is 0.0302 e. The summed E-state index contributed by atoms with van der Waals surface area (Å²) in [7, 11) is 0. The third-order valence-electron chi connectivity index (χ3n) is 2.43. The molecule has 0 amide bonds. The summed E-state index contributed by atoms with van der Waals surface area (Å²) in [5.74, 6) is 0. The van der Waals surface area contributed by atoms with Crippen LogP contribution < -0.4 is 5.32 Å². The fourth-order valence-electron chi connectivity index (χ4n) is 1.63. The summed E-state index contributed by atoms with van der Waals surface area (Å²) < 4.78 is 0. The van der Waals surface area contributed by atoms with Crippen LogP contribution in [0.1, 0.15) is 20.9 Å². The van der Waals surface area contributed by atoms with Gasteiger partial charge in [-0.15, -0.1) is 11.3 Å². The molecule has 0 atom stereocenters. The van der Waals surface area contributed by atoms with Crippen molar-refractivity contribution in [3.63, 3.8) is 0 Å². The number of fused-ring (bicyclic) bond motifs is 1. The second kappa shape index (κ2) is 2.61. The predicted molar refractivity (Wildman–Crippen MR) is 49.2 cm³/mol. The largest absolute Gasteiger partial charge is 0.312 e. The van der Waals surface area contributed by atoms with E-state index in [1.807, 2.05) is 11.3 Å². The highest BCUT2D eigenvalue weighted by Gasteiger charge is 2.14. The Morgan fingerprint density at radius 2 is 2.18 bits per heavy atom. The first-order valence-corrected chi connectivity index (χ1v) is 4.89. The number of rotatable bonds is 0. The third kappa shape index (κ3) is 1.10. The summed E-state index contributed by atoms with van der Waals surface area (Å²) in [6.07, 6.45) is 1.23. The number of aryl methyl sites for hydroxylation is 1. The molecule has 1 aromatic rings. The molecule has 1 N–H and O–H groups in total. The van der Waals surface area contributed by atoms with Gasteiger partial charge in [0.1, 0.15) is 0 Å². The Morgan fingerprint density at radius 3 is 2.91 bits per heavy atom. The van der Waals surface area contributed by atoms with Crippen LogP contribution in [0.4, 0.5) is 0 Å². The molecule has 2 rings (SSSR count). The van der Waals surface area contributed by atoms with E-state index in [1.54, 1.807) is 10.4 Å². The van der Waals surface area contributed by atoms with Gasteiger partial charge in [0.05, 0.1) is 0 Å². The van der Waals surface area contributed by atoms with E-state index in [2.05, 4.69) is 19.2 Å². The van der Waals surface area contributed by atoms with Crippen LogP contribution in [0.5, 0.6) is 0 Å². The van der Waals surface area contributed by atoms with Crippen molar-refractivity contribution in [3.05, 3.63) is 20.9 Å². The van der Waals surface area contributed by atoms with E-state index >= 15 is 0 Å². The molecule has 11 heavy (non-hydrogen) atoms. The summed E-state index contributed by atoms with van der Waals surface area (Å²) in [4.78, 5) is 3.06. The van der Waals surface area contributed by atoms with Gasteiger partial charge in [0.2, 0.25) is 0 Å². The Kier molecular flexibility index (Phi) is 1.74. The highest BCUT2D eigenvalue weighted by atomic mass is 32.1. The summed E-state index contributed by atoms with van der Waals surface area (Å²) in [5.41, 5.74) is 3.15. The summed E-state index contributed by atoms with van der Waals surface area (Å²) in [6, 6.07) is 0. The van der Waals surface area contributed by atoms with Gasteiger partial charge in [0.15, 0.2) is 0 Å². The summed E-state index contributed by atoms with van der Waals surface area (Å²) in [6.45, 7) is 6.72. The number of hydrogen-bond donors (Lipinski definition) is 1. The highest BCUT2D eigenvalue weighted by molar-refractivity contribution is 7.12. The Morgan fingerprint density at radius 1 is 1.36 bits per heavy atom. The molecule has 1 nitrogen and oxygen atoms in total. The van der Waals surface area contributed by atoms with Crippen molar-refractivity contribution in [3.8, 4) is 0 Å². The zero-order valence-corrected chi connectivity index (χ0v) is 7.85. The number of thiophene rings is 1. The Hall–Kier alpha value is -0.340. The minimum absolute atomic E-state index is 1.09. The summed E-state index contributed by atoms with van der Waals surface area (Å²) >= 11 is 1.95. The van der Waals surface area contributed by atoms with E-state index in [9.17, 15) is 0 Å². The smallest absolute Gasteiger partial charge is 0.0302 e. The standard InChI is InChI=1S/C9H13NS/c1-6-7(2)11-9-5-10-4-3-8(6)9/h10H,3-5H2,1-2H3. The molecule has 0 radical (unpaired) electrons. The molecule has 1 aromatic heterocycles. The fourth-order valence-corrected chi connectivity index (χ4v) is 2.83. The normalized spacial score (nSPS) is 16.5. The molecule has 0 saturated heterocycles. The quantitative estimate of drug-likeness (QED) is 0.623. The van der Waals surface area contributed by atoms with Gasteiger partial charge in [-0.2, -0.15) is 0 Å². The molecular formula is C9H13NS. The first-order valence-electron chi connectivity index (χ1n) is 4.07. The number of nitrogens with one attached hydrogen (secondary N) is 1. The fraction of sp³-hybridized carbons (Fsp3) is 0.556. The van der Waals surface area contributed by atoms with Crippen molar-refractivity contribution in [1.29, 1.82) is 0 Å². The lowest BCUT2D eigenvalue weighted by molar-refractivity contribution is 0.652. The second-order valence-electron chi connectivity index (χ2n) is 3.11. The van der Waals surface area contributed by atoms with E-state index in [-0.39, 0.29) is 0 Å². The van der Waals surface area contributed by atoms with Crippen molar-refractivity contribution in [2.75, 3.05) is 6.54 Å². The molecule has 0 fully saturated rings. The molecule has 0 bridgehead atoms. The van der Waals surface area contributed by atoms with Crippen LogP contribution in [0.25, 0.3) is 0 Å². The minimum atomic E-state index is 1.09. The topological polar surface area (TPSA) is 12.0 Å². The van der Waals surface area contributed by atoms with E-state index in [0.29, 0.717) is 0 Å². The Labute approximate surface area is 71.4 Å². The lowest BCUT2D eigenvalue weighted by Gasteiger charge is -2.12. The van der Waals surface area contributed by atoms with Crippen LogP contribution in [-0.4, -0.2) is 6.54 Å². The minimum Gasteiger partial charge on any atom is -0.312 e. The highest BCUT2D eigenvalue weighted by Crippen LogP contribution is 2.29. The molecule has 1 aliphatic rings. The van der Waals surface area contributed by atoms with Crippen LogP contribution in [0.15, 0.2) is 0 Å². The average molecular weight is 167 g/mol. The van der Waals surface area contributed by atoms with E-state index in [4.69, 9.17) is 0 Å². The van der Waals surface area contributed by atoms with Crippen LogP contribution in [0, 0.1) is 13.8 Å². The van der Waals surface area contributed by atoms with E-state index < -0.39 is 0 Å². The van der Waals surface area contributed by atoms with Gasteiger partial charge in [-0.3, -0.25) is 0 Å². The summed E-state index contributed by atoms with van der Waals surface area (Å²) in [5, 5.41) is 3.39. The van der Waals surface area contributed by atoms with Crippen LogP contribution in [0.3, 0.4) is 0 Å². The van der Waals surface area contributed by atoms with Gasteiger partial charge in [-0.1, -0.05) is 0 Å². The first kappa shape index (κ1) is 7.32. The van der Waals surface area contributed by atoms with Gasteiger partial charge in [-0.25, -0.2) is 0 Å². The molecule has 1 aliphatic heterocycles. The Bertz CT molecular complexity index is 275. The molecule has 0 saturated carbocycles. The monoisotopic (exact) mass is 167 g/mol. The van der Waals surface area contributed by atoms with Gasteiger partial charge in [0.25, 0.3) is 0 Å². The van der Waals surface area contributed by atoms with Gasteiger partial charge in [0, 0.05) is 16.3 Å². The Balaban J connectivity index is 2.50. The molecule has 60 valence electrons. The van der Waals surface area contributed by atoms with Crippen molar-refractivity contribution < 1.29 is 0 Å². The third-order valence-corrected chi connectivity index (χ3v) is 3.68. The van der Waals surface area contributed by atoms with Gasteiger partial charge in [-0.05, 0) is 37.9 Å². The zero-order chi connectivity index (χ0) is 7.84. The molecule has 0 unspecified atom stereocenters. The van der Waals surface area contributed by atoms with E-state index in [1.165, 1.54) is 16.9 Å². The van der Waals surface area contributed by atoms with Crippen LogP contribution in [0.2, 0.25) is 0 Å². The molecule has 0 aromatic carbocycles. The van der Waals surface area contributed by atoms with Crippen molar-refractivity contribution in [2.45, 2.75) is 26.8 Å². The van der Waals surface area contributed by atoms with Crippen molar-refractivity contribution in [1.82, 2.24) is 5.32 Å². The lowest BCUT2D eigenvalue weighted by atomic mass is 10.0. The maximum absolute atomic E-state index is 3.39. The van der Waals surface area contributed by atoms with Crippen molar-refractivity contribution >= 4 is 11.3 Å². The molecule has 0 aliphatic carbocycles. The molecule has 0 spiro atoms. The van der Waals surface area contributed by atoms with Gasteiger partial charge >= 0.3 is 0 Å². The average Bonchev–Trinajstić information content (AvgIpc) is 2.30. The predicted octanol–water partition coefficient (Wildman–Crippen LogP) is 2.01. The zero-order valence-electron chi connectivity index (χ0n) is 7.03. The molecular weight excluding hydrogens is 154 g/mol. The number of hydrogen-bond acceptors (Lipinski definition) is 2. The molecule has 2 heteroatoms. The van der Waals surface area contributed by atoms with Crippen LogP contribution >= 0.6 is 11.3 Å².